The van der Waals surface area contributed by atoms with Crippen molar-refractivity contribution in [3.8, 4) is 11.5 Å². The van der Waals surface area contributed by atoms with Gasteiger partial charge in [-0.05, 0) is 100 Å². The summed E-state index contributed by atoms with van der Waals surface area (Å²) in [7, 11) is 1.21. The maximum atomic E-state index is 14.8. The lowest BCUT2D eigenvalue weighted by atomic mass is 9.96. The number of aliphatic hydroxyl groups is 2. The summed E-state index contributed by atoms with van der Waals surface area (Å²) >= 11 is 6.24. The van der Waals surface area contributed by atoms with Crippen LogP contribution in [0.3, 0.4) is 0 Å². The number of rotatable bonds is 16. The van der Waals surface area contributed by atoms with E-state index < -0.39 is 132 Å². The molecule has 3 aliphatic rings. The molecule has 4 unspecified atom stereocenters. The third-order valence-corrected chi connectivity index (χ3v) is 14.2. The molecular weight excluding hydrogens is 1000 g/mol. The molecule has 2 aromatic carbocycles. The molecule has 0 aliphatic carbocycles. The number of phenolic OH excluding ortho intramolecular Hbond substituents is 2. The number of aryl methyl sites for hydroxylation is 1. The number of carbonyl (C=O) groups excluding carboxylic acids is 10. The molecule has 410 valence electrons. The standard InChI is InChI=1S/C50H68ClN9O15/c1-6-25(2)40-50(74)75-27(4)41(57-44(68)33(16-19-38(52)65)53-45(69)35-8-7-21-59(35)24-61)47(71)54-32(15-11-28-9-13-30(63)14-10-28)43(67)55-34-17-20-39(66)60(48(34)72)42(26(3)62)49(73)58(5)36(46(70)56-40)23-29-12-18-37(64)31(51)22-29/h9-10,12-14,18,22,24-27,32-36,39-42,62-64,66H,6-8,11,15-17,19-21,23H2,1-5H3,(H2,52,65)(H,53,69)(H,54,71)(H,55,67)(H,56,70)(H,57,68)/t25-,26+,27+,32?,33-,34?,35-,36-,39+,40-,41?,42?/m0/s1. The number of primary amides is 1. The van der Waals surface area contributed by atoms with Crippen LogP contribution in [-0.2, 0) is 65.5 Å². The summed E-state index contributed by atoms with van der Waals surface area (Å²) in [6.07, 6.45) is -5.20. The molecule has 24 nitrogen and oxygen atoms in total. The van der Waals surface area contributed by atoms with Gasteiger partial charge in [0.2, 0.25) is 53.7 Å². The molecule has 2 bridgehead atoms. The van der Waals surface area contributed by atoms with Crippen LogP contribution in [0, 0.1) is 5.92 Å². The number of nitrogens with one attached hydrogen (secondary N) is 5. The zero-order chi connectivity index (χ0) is 55.4. The Kier molecular flexibility index (Phi) is 20.7. The Morgan fingerprint density at radius 3 is 2.24 bits per heavy atom. The molecule has 2 aromatic rings. The van der Waals surface area contributed by atoms with Gasteiger partial charge >= 0.3 is 5.97 Å². The second-order valence-corrected chi connectivity index (χ2v) is 19.7. The van der Waals surface area contributed by atoms with Crippen molar-refractivity contribution < 1.29 is 73.1 Å². The second kappa shape index (κ2) is 26.4. The number of cyclic esters (lactones) is 1. The highest BCUT2D eigenvalue weighted by molar-refractivity contribution is 6.32. The number of hydrogen-bond acceptors (Lipinski definition) is 15. The van der Waals surface area contributed by atoms with Gasteiger partial charge in [-0.2, -0.15) is 0 Å². The van der Waals surface area contributed by atoms with Gasteiger partial charge in [0.05, 0.1) is 11.1 Å². The summed E-state index contributed by atoms with van der Waals surface area (Å²) in [6.45, 7) is 6.00. The number of halogens is 1. The molecule has 3 aliphatic heterocycles. The van der Waals surface area contributed by atoms with E-state index in [0.29, 0.717) is 28.9 Å². The topological polar surface area (TPSA) is 357 Å². The van der Waals surface area contributed by atoms with Crippen molar-refractivity contribution in [2.75, 3.05) is 13.6 Å². The van der Waals surface area contributed by atoms with Crippen LogP contribution in [-0.4, -0.2) is 175 Å². The first kappa shape index (κ1) is 58.8. The van der Waals surface area contributed by atoms with E-state index in [1.165, 1.54) is 56.1 Å². The third kappa shape index (κ3) is 15.1. The van der Waals surface area contributed by atoms with Crippen LogP contribution in [0.2, 0.25) is 5.02 Å². The Morgan fingerprint density at radius 1 is 0.933 bits per heavy atom. The highest BCUT2D eigenvalue weighted by Crippen LogP contribution is 2.28. The van der Waals surface area contributed by atoms with Crippen molar-refractivity contribution in [1.29, 1.82) is 0 Å². The summed E-state index contributed by atoms with van der Waals surface area (Å²) in [4.78, 5) is 142. The number of ether oxygens (including phenoxy) is 1. The number of amides is 9. The Balaban J connectivity index is 1.63. The number of likely N-dealkylation sites (N-methyl/N-ethyl adjacent to an activating group) is 1. The largest absolute Gasteiger partial charge is 0.508 e. The van der Waals surface area contributed by atoms with E-state index in [9.17, 15) is 68.4 Å². The smallest absolute Gasteiger partial charge is 0.329 e. The van der Waals surface area contributed by atoms with Crippen molar-refractivity contribution in [2.45, 2.75) is 159 Å². The number of fused-ring (bicyclic) bond motifs is 2. The quantitative estimate of drug-likeness (QED) is 0.0694. The fourth-order valence-electron chi connectivity index (χ4n) is 9.28. The van der Waals surface area contributed by atoms with Crippen molar-refractivity contribution in [2.24, 2.45) is 11.7 Å². The summed E-state index contributed by atoms with van der Waals surface area (Å²) in [5.74, 6) is -9.90. The first-order valence-corrected chi connectivity index (χ1v) is 25.3. The molecule has 75 heavy (non-hydrogen) atoms. The van der Waals surface area contributed by atoms with Crippen LogP contribution in [0.5, 0.6) is 11.5 Å². The minimum absolute atomic E-state index is 0.0518. The maximum Gasteiger partial charge on any atom is 0.329 e. The number of piperidine rings is 1. The Labute approximate surface area is 438 Å². The van der Waals surface area contributed by atoms with Crippen molar-refractivity contribution in [3.05, 3.63) is 58.6 Å². The molecule has 25 heteroatoms. The predicted molar refractivity (Wildman–Crippen MR) is 266 cm³/mol. The number of likely N-dealkylation sites (tertiary alicyclic amines) is 1. The summed E-state index contributed by atoms with van der Waals surface area (Å²) in [5, 5.41) is 55.5. The van der Waals surface area contributed by atoms with Crippen LogP contribution in [0.1, 0.15) is 90.2 Å². The van der Waals surface area contributed by atoms with E-state index in [4.69, 9.17) is 22.1 Å². The van der Waals surface area contributed by atoms with E-state index in [1.54, 1.807) is 26.0 Å². The zero-order valence-electron chi connectivity index (χ0n) is 42.4. The average Bonchev–Trinajstić information content (AvgIpc) is 3.86. The molecule has 0 aromatic heterocycles. The predicted octanol–water partition coefficient (Wildman–Crippen LogP) is -1.25. The summed E-state index contributed by atoms with van der Waals surface area (Å²) in [5.41, 5.74) is 6.34. The van der Waals surface area contributed by atoms with Crippen LogP contribution in [0.25, 0.3) is 0 Å². The first-order chi connectivity index (χ1) is 35.4. The zero-order valence-corrected chi connectivity index (χ0v) is 43.2. The number of phenols is 2. The van der Waals surface area contributed by atoms with Crippen LogP contribution < -0.4 is 32.3 Å². The maximum absolute atomic E-state index is 14.8. The molecule has 3 fully saturated rings. The monoisotopic (exact) mass is 1070 g/mol. The summed E-state index contributed by atoms with van der Waals surface area (Å²) in [6, 6.07) is -2.45. The van der Waals surface area contributed by atoms with Gasteiger partial charge in [0.15, 0.2) is 0 Å². The van der Waals surface area contributed by atoms with Gasteiger partial charge in [-0.15, -0.1) is 0 Å². The molecule has 3 heterocycles. The number of hydrogen-bond donors (Lipinski definition) is 10. The Bertz CT molecular complexity index is 2450. The van der Waals surface area contributed by atoms with Crippen LogP contribution in [0.4, 0.5) is 0 Å². The molecule has 11 N–H and O–H groups in total. The van der Waals surface area contributed by atoms with Gasteiger partial charge in [0, 0.05) is 26.4 Å². The molecule has 5 rings (SSSR count). The van der Waals surface area contributed by atoms with Gasteiger partial charge in [0.1, 0.15) is 72.2 Å². The number of nitrogens with zero attached hydrogens (tertiary/aromatic N) is 3. The lowest BCUT2D eigenvalue weighted by molar-refractivity contribution is -0.170. The van der Waals surface area contributed by atoms with E-state index in [2.05, 4.69) is 26.6 Å². The van der Waals surface area contributed by atoms with Crippen LogP contribution in [0.15, 0.2) is 42.5 Å². The van der Waals surface area contributed by atoms with Gasteiger partial charge in [-0.1, -0.05) is 50.1 Å². The fourth-order valence-corrected chi connectivity index (χ4v) is 9.48. The number of carbonyl (C=O) groups is 10. The molecule has 0 saturated carbocycles. The normalized spacial score (nSPS) is 26.5. The fraction of sp³-hybridized carbons (Fsp3) is 0.560. The molecule has 0 radical (unpaired) electrons. The van der Waals surface area contributed by atoms with Gasteiger partial charge in [0.25, 0.3) is 0 Å². The molecular formula is C50H68ClN9O15. The number of aromatic hydroxyl groups is 2. The minimum Gasteiger partial charge on any atom is -0.508 e. The minimum atomic E-state index is -1.91. The second-order valence-electron chi connectivity index (χ2n) is 19.3. The van der Waals surface area contributed by atoms with E-state index in [1.807, 2.05) is 0 Å². The lowest BCUT2D eigenvalue weighted by Crippen LogP contribution is -2.67. The SMILES string of the molecule is CC[C@H](C)[C@@H]1NC(=O)[C@H](Cc2ccc(O)c(Cl)c2)N(C)C(=O)C([C@@H](C)O)N2C(=O)C(CC[C@H]2O)NC(=O)C(CCc2ccc(O)cc2)NC(=O)C(NC(=O)[C@H](CCC(N)=O)NC(=O)[C@@H]2CCCN2C=O)[C@@H](C)OC1=O. The average molecular weight is 1070 g/mol. The lowest BCUT2D eigenvalue weighted by Gasteiger charge is -2.43. The number of benzene rings is 2. The molecule has 3 saturated heterocycles. The van der Waals surface area contributed by atoms with Gasteiger partial charge in [-0.3, -0.25) is 43.2 Å². The number of esters is 1. The third-order valence-electron chi connectivity index (χ3n) is 13.9. The van der Waals surface area contributed by atoms with E-state index in [-0.39, 0.29) is 74.4 Å². The number of nitrogens with two attached hydrogens (primary N) is 1. The van der Waals surface area contributed by atoms with E-state index >= 15 is 0 Å². The van der Waals surface area contributed by atoms with Crippen molar-refractivity contribution >= 4 is 71.2 Å². The van der Waals surface area contributed by atoms with Crippen molar-refractivity contribution in [1.82, 2.24) is 41.3 Å². The highest BCUT2D eigenvalue weighted by Gasteiger charge is 2.47. The van der Waals surface area contributed by atoms with Crippen molar-refractivity contribution in [3.63, 3.8) is 0 Å². The highest BCUT2D eigenvalue weighted by atomic mass is 35.5. The molecule has 12 atom stereocenters. The molecule has 9 amide bonds. The Hall–Kier alpha value is -7.05. The Morgan fingerprint density at radius 2 is 1.61 bits per heavy atom. The van der Waals surface area contributed by atoms with Gasteiger partial charge in [-0.25, -0.2) is 4.79 Å². The van der Waals surface area contributed by atoms with E-state index in [0.717, 1.165) is 4.90 Å². The molecule has 0 spiro atoms. The first-order valence-electron chi connectivity index (χ1n) is 24.9. The summed E-state index contributed by atoms with van der Waals surface area (Å²) < 4.78 is 5.92. The van der Waals surface area contributed by atoms with Crippen LogP contribution >= 0.6 is 11.6 Å². The number of aliphatic hydroxyl groups excluding tert-OH is 2. The van der Waals surface area contributed by atoms with Gasteiger partial charge < -0.3 is 72.2 Å².